The van der Waals surface area contributed by atoms with Gasteiger partial charge in [-0.1, -0.05) is 42.5 Å². The number of phenolic OH excluding ortho intramolecular Hbond substituents is 1. The van der Waals surface area contributed by atoms with E-state index in [1.807, 2.05) is 67.1 Å². The Hall–Kier alpha value is -5.22. The molecule has 3 aromatic carbocycles. The second-order valence-corrected chi connectivity index (χ2v) is 8.21. The van der Waals surface area contributed by atoms with Gasteiger partial charge in [0.25, 0.3) is 5.91 Å². The highest BCUT2D eigenvalue weighted by Crippen LogP contribution is 2.23. The number of nitrogens with one attached hydrogen (secondary N) is 1. The number of pyridine rings is 1. The lowest BCUT2D eigenvalue weighted by molar-refractivity contribution is 0.0955. The first kappa shape index (κ1) is 22.6. The first-order chi connectivity index (χ1) is 17.6. The van der Waals surface area contributed by atoms with E-state index in [4.69, 9.17) is 5.26 Å². The van der Waals surface area contributed by atoms with Crippen molar-refractivity contribution >= 4 is 23.0 Å². The van der Waals surface area contributed by atoms with Crippen molar-refractivity contribution in [3.8, 4) is 22.9 Å². The van der Waals surface area contributed by atoms with E-state index in [9.17, 15) is 9.90 Å². The van der Waals surface area contributed by atoms with Gasteiger partial charge in [0.15, 0.2) is 0 Å². The molecule has 0 saturated carbocycles. The van der Waals surface area contributed by atoms with Crippen molar-refractivity contribution in [1.29, 1.82) is 5.26 Å². The number of aromatic hydroxyl groups is 1. The molecule has 7 nitrogen and oxygen atoms in total. The summed E-state index contributed by atoms with van der Waals surface area (Å²) in [7, 11) is 0. The van der Waals surface area contributed by atoms with Crippen molar-refractivity contribution in [2.24, 2.45) is 5.10 Å². The Morgan fingerprint density at radius 1 is 1.03 bits per heavy atom. The van der Waals surface area contributed by atoms with Crippen LogP contribution in [0.2, 0.25) is 0 Å². The minimum atomic E-state index is -0.474. The Bertz CT molecular complexity index is 1630. The van der Waals surface area contributed by atoms with Crippen LogP contribution < -0.4 is 5.43 Å². The molecule has 0 aliphatic heterocycles. The summed E-state index contributed by atoms with van der Waals surface area (Å²) in [6, 6.07) is 26.2. The molecule has 2 heterocycles. The van der Waals surface area contributed by atoms with E-state index >= 15 is 0 Å². The second-order valence-electron chi connectivity index (χ2n) is 8.21. The molecule has 0 fully saturated rings. The van der Waals surface area contributed by atoms with E-state index in [1.54, 1.807) is 6.21 Å². The number of benzene rings is 3. The summed E-state index contributed by atoms with van der Waals surface area (Å²) >= 11 is 0. The number of hydrogen-bond acceptors (Lipinski definition) is 5. The molecule has 0 bridgehead atoms. The average molecular weight is 472 g/mol. The van der Waals surface area contributed by atoms with E-state index in [-0.39, 0.29) is 16.9 Å². The highest BCUT2D eigenvalue weighted by atomic mass is 16.3. The number of hydrazone groups is 1. The summed E-state index contributed by atoms with van der Waals surface area (Å²) in [4.78, 5) is 16.8. The molecular weight excluding hydrogens is 450 g/mol. The van der Waals surface area contributed by atoms with E-state index in [1.165, 1.54) is 18.2 Å². The summed E-state index contributed by atoms with van der Waals surface area (Å²) in [6.07, 6.45) is 7.36. The molecule has 174 valence electrons. The zero-order valence-electron chi connectivity index (χ0n) is 19.2. The van der Waals surface area contributed by atoms with Crippen molar-refractivity contribution in [3.05, 3.63) is 120 Å². The molecule has 1 amide bonds. The fourth-order valence-electron chi connectivity index (χ4n) is 4.05. The molecule has 0 spiro atoms. The Kier molecular flexibility index (Phi) is 6.24. The van der Waals surface area contributed by atoms with Crippen molar-refractivity contribution in [2.75, 3.05) is 0 Å². The van der Waals surface area contributed by atoms with Gasteiger partial charge in [0.2, 0.25) is 0 Å². The largest absolute Gasteiger partial charge is 0.507 e. The molecule has 0 atom stereocenters. The van der Waals surface area contributed by atoms with Crippen molar-refractivity contribution in [1.82, 2.24) is 15.0 Å². The number of phenols is 1. The first-order valence-electron chi connectivity index (χ1n) is 11.3. The number of nitriles is 1. The smallest absolute Gasteiger partial charge is 0.271 e. The van der Waals surface area contributed by atoms with E-state index in [2.05, 4.69) is 38.3 Å². The zero-order valence-corrected chi connectivity index (χ0v) is 19.2. The summed E-state index contributed by atoms with van der Waals surface area (Å²) < 4.78 is 2.15. The van der Waals surface area contributed by atoms with Gasteiger partial charge >= 0.3 is 0 Å². The van der Waals surface area contributed by atoms with Gasteiger partial charge in [-0.05, 0) is 47.5 Å². The Labute approximate surface area is 207 Å². The summed E-state index contributed by atoms with van der Waals surface area (Å²) in [5.41, 5.74) is 7.91. The quantitative estimate of drug-likeness (QED) is 0.266. The molecule has 36 heavy (non-hydrogen) atoms. The van der Waals surface area contributed by atoms with Gasteiger partial charge in [0, 0.05) is 52.7 Å². The van der Waals surface area contributed by atoms with Crippen LogP contribution >= 0.6 is 0 Å². The number of hydrogen-bond donors (Lipinski definition) is 2. The molecule has 2 aromatic heterocycles. The van der Waals surface area contributed by atoms with Gasteiger partial charge in [0.1, 0.15) is 11.8 Å². The van der Waals surface area contributed by atoms with Crippen LogP contribution in [0.15, 0.2) is 103 Å². The highest BCUT2D eigenvalue weighted by Gasteiger charge is 2.09. The fraction of sp³-hybridized carbons (Fsp3) is 0.0345. The van der Waals surface area contributed by atoms with Crippen LogP contribution in [0.5, 0.6) is 5.75 Å². The normalized spacial score (nSPS) is 11.0. The van der Waals surface area contributed by atoms with Gasteiger partial charge in [-0.15, -0.1) is 0 Å². The predicted octanol–water partition coefficient (Wildman–Crippen LogP) is 5.09. The maximum atomic E-state index is 12.4. The van der Waals surface area contributed by atoms with Crippen molar-refractivity contribution < 1.29 is 9.90 Å². The van der Waals surface area contributed by atoms with Gasteiger partial charge in [-0.2, -0.15) is 10.4 Å². The summed E-state index contributed by atoms with van der Waals surface area (Å²) in [5, 5.41) is 23.7. The molecular formula is C29H21N5O2. The molecule has 0 unspecified atom stereocenters. The van der Waals surface area contributed by atoms with Crippen LogP contribution in [0.3, 0.4) is 0 Å². The molecule has 0 radical (unpaired) electrons. The number of carbonyl (C=O) groups excluding carboxylic acids is 1. The monoisotopic (exact) mass is 471 g/mol. The first-order valence-corrected chi connectivity index (χ1v) is 11.3. The summed E-state index contributed by atoms with van der Waals surface area (Å²) in [5.74, 6) is -0.644. The molecule has 5 rings (SSSR count). The maximum Gasteiger partial charge on any atom is 0.271 e. The van der Waals surface area contributed by atoms with Crippen LogP contribution in [-0.2, 0) is 6.54 Å². The van der Waals surface area contributed by atoms with Crippen molar-refractivity contribution in [3.63, 3.8) is 0 Å². The van der Waals surface area contributed by atoms with E-state index < -0.39 is 5.91 Å². The lowest BCUT2D eigenvalue weighted by Gasteiger charge is -2.08. The van der Waals surface area contributed by atoms with Gasteiger partial charge in [0.05, 0.1) is 11.8 Å². The Morgan fingerprint density at radius 2 is 1.89 bits per heavy atom. The number of rotatable bonds is 6. The number of nitrogens with zero attached hydrogens (tertiary/aromatic N) is 4. The highest BCUT2D eigenvalue weighted by molar-refractivity contribution is 6.00. The lowest BCUT2D eigenvalue weighted by Crippen LogP contribution is -2.17. The fourth-order valence-corrected chi connectivity index (χ4v) is 4.05. The third kappa shape index (κ3) is 4.69. The lowest BCUT2D eigenvalue weighted by atomic mass is 10.1. The second kappa shape index (κ2) is 9.95. The van der Waals surface area contributed by atoms with Crippen LogP contribution in [0.1, 0.15) is 27.0 Å². The van der Waals surface area contributed by atoms with Crippen LogP contribution in [0.4, 0.5) is 0 Å². The molecule has 2 N–H and O–H groups in total. The molecule has 0 aliphatic carbocycles. The Balaban J connectivity index is 1.34. The molecule has 0 aliphatic rings. The number of fused-ring (bicyclic) bond motifs is 1. The van der Waals surface area contributed by atoms with Gasteiger partial charge < -0.3 is 9.67 Å². The maximum absolute atomic E-state index is 12.4. The third-order valence-corrected chi connectivity index (χ3v) is 5.85. The van der Waals surface area contributed by atoms with E-state index in [0.29, 0.717) is 6.54 Å². The number of carbonyl (C=O) groups is 1. The van der Waals surface area contributed by atoms with E-state index in [0.717, 1.165) is 33.2 Å². The van der Waals surface area contributed by atoms with Gasteiger partial charge in [-0.25, -0.2) is 5.43 Å². The summed E-state index contributed by atoms with van der Waals surface area (Å²) in [6.45, 7) is 0.663. The average Bonchev–Trinajstić information content (AvgIpc) is 3.33. The predicted molar refractivity (Wildman–Crippen MR) is 139 cm³/mol. The minimum Gasteiger partial charge on any atom is -0.507 e. The molecule has 0 saturated heterocycles. The van der Waals surface area contributed by atoms with Crippen LogP contribution in [0.25, 0.3) is 22.0 Å². The standard InChI is InChI=1S/C29H21N5O2/c30-15-24-14-22(9-10-28(24)35)29(36)33-32-18-23-7-4-8-27-26(23)11-12-34(27)19-20-13-25(17-31-16-20)21-5-2-1-3-6-21/h1-14,16-18,35H,19H2,(H,33,36)/b32-18+. The Morgan fingerprint density at radius 3 is 2.72 bits per heavy atom. The number of aromatic nitrogens is 2. The number of amides is 1. The molecule has 7 heteroatoms. The van der Waals surface area contributed by atoms with Crippen LogP contribution in [0, 0.1) is 11.3 Å². The zero-order chi connectivity index (χ0) is 24.9. The molecule has 5 aromatic rings. The minimum absolute atomic E-state index is 0.0299. The topological polar surface area (TPSA) is 103 Å². The van der Waals surface area contributed by atoms with Gasteiger partial charge in [-0.3, -0.25) is 9.78 Å². The third-order valence-electron chi connectivity index (χ3n) is 5.85. The van der Waals surface area contributed by atoms with Crippen molar-refractivity contribution in [2.45, 2.75) is 6.54 Å². The SMILES string of the molecule is N#Cc1cc(C(=O)N/N=C/c2cccc3c2ccn3Cc2cncc(-c3ccccc3)c2)ccc1O. The van der Waals surface area contributed by atoms with Crippen LogP contribution in [-0.4, -0.2) is 26.8 Å².